The number of hydrogen-bond acceptors (Lipinski definition) is 21. The summed E-state index contributed by atoms with van der Waals surface area (Å²) in [5.74, 6) is -13.0. The van der Waals surface area contributed by atoms with Crippen molar-refractivity contribution in [3.8, 4) is 69.0 Å². The Balaban J connectivity index is 1.51. The SMILES string of the molecule is CC1(C)Oc2c(c(C(c3c4c(c(C(O)C[N+](=O)[O-])c5c3OC(C)(C)O5)OC(C)(C)O4)c3c4c(c(C(O)C[N+](=O)[O-])c5c3OC(C)(C)O5)OC(C)(C)O4)c3c(c2C(O)C[N+](=O)[O-])OC(C)(C)O3)O1. The van der Waals surface area contributed by atoms with Crippen molar-refractivity contribution in [3.05, 3.63) is 63.7 Å². The lowest BCUT2D eigenvalue weighted by atomic mass is 9.79. The smallest absolute Gasteiger partial charge is 0.246 e. The summed E-state index contributed by atoms with van der Waals surface area (Å²) in [6.07, 6.45) is -5.59. The third-order valence-corrected chi connectivity index (χ3v) is 11.2. The van der Waals surface area contributed by atoms with Gasteiger partial charge in [0.05, 0.1) is 39.3 Å². The van der Waals surface area contributed by atoms with Crippen LogP contribution in [0.3, 0.4) is 0 Å². The van der Waals surface area contributed by atoms with Crippen molar-refractivity contribution in [2.75, 3.05) is 19.6 Å². The van der Waals surface area contributed by atoms with Gasteiger partial charge in [-0.25, -0.2) is 0 Å². The first-order valence-corrected chi connectivity index (χ1v) is 21.2. The summed E-state index contributed by atoms with van der Waals surface area (Å²) in [6, 6.07) is 0. The molecule has 9 rings (SSSR count). The van der Waals surface area contributed by atoms with E-state index in [-0.39, 0.29) is 102 Å². The molecule has 3 atom stereocenters. The van der Waals surface area contributed by atoms with E-state index in [0.29, 0.717) is 0 Å². The van der Waals surface area contributed by atoms with E-state index in [1.54, 1.807) is 83.1 Å². The van der Waals surface area contributed by atoms with E-state index in [4.69, 9.17) is 56.8 Å². The zero-order valence-corrected chi connectivity index (χ0v) is 38.5. The molecule has 0 aliphatic carbocycles. The fourth-order valence-electron chi connectivity index (χ4n) is 9.20. The van der Waals surface area contributed by atoms with Crippen LogP contribution in [-0.2, 0) is 0 Å². The van der Waals surface area contributed by atoms with E-state index in [9.17, 15) is 45.7 Å². The van der Waals surface area contributed by atoms with Gasteiger partial charge in [0.25, 0.3) is 0 Å². The molecule has 3 aromatic carbocycles. The molecule has 3 unspecified atom stereocenters. The first kappa shape index (κ1) is 45.5. The van der Waals surface area contributed by atoms with Gasteiger partial charge in [0.1, 0.15) is 0 Å². The molecule has 362 valence electrons. The summed E-state index contributed by atoms with van der Waals surface area (Å²) in [7, 11) is 0. The van der Waals surface area contributed by atoms with Crippen LogP contribution in [-0.4, -0.2) is 84.4 Å². The second-order valence-electron chi connectivity index (χ2n) is 19.6. The van der Waals surface area contributed by atoms with Crippen molar-refractivity contribution in [2.45, 2.75) is 142 Å². The molecule has 6 heterocycles. The quantitative estimate of drug-likeness (QED) is 0.109. The van der Waals surface area contributed by atoms with Gasteiger partial charge < -0.3 is 72.2 Å². The molecule has 6 aliphatic rings. The minimum atomic E-state index is -1.86. The van der Waals surface area contributed by atoms with Crippen LogP contribution >= 0.6 is 0 Å². The van der Waals surface area contributed by atoms with Crippen LogP contribution in [0.1, 0.15) is 141 Å². The van der Waals surface area contributed by atoms with Crippen LogP contribution in [0.4, 0.5) is 0 Å². The molecule has 67 heavy (non-hydrogen) atoms. The summed E-state index contributed by atoms with van der Waals surface area (Å²) in [5.41, 5.74) is -0.589. The van der Waals surface area contributed by atoms with E-state index >= 15 is 0 Å². The fourth-order valence-corrected chi connectivity index (χ4v) is 9.20. The average Bonchev–Trinajstić information content (AvgIpc) is 3.95. The highest BCUT2D eigenvalue weighted by molar-refractivity contribution is 5.82. The van der Waals surface area contributed by atoms with Crippen LogP contribution in [0.5, 0.6) is 69.0 Å². The second-order valence-corrected chi connectivity index (χ2v) is 19.6. The predicted octanol–water partition coefficient (Wildman–Crippen LogP) is 5.84. The minimum absolute atomic E-state index is 0.00703. The molecule has 0 spiro atoms. The van der Waals surface area contributed by atoms with Crippen LogP contribution in [0.2, 0.25) is 0 Å². The Morgan fingerprint density at radius 1 is 0.328 bits per heavy atom. The van der Waals surface area contributed by atoms with Crippen molar-refractivity contribution in [1.29, 1.82) is 0 Å². The number of rotatable bonds is 12. The Labute approximate surface area is 380 Å². The molecule has 24 nitrogen and oxygen atoms in total. The zero-order valence-electron chi connectivity index (χ0n) is 38.5. The van der Waals surface area contributed by atoms with Gasteiger partial charge in [-0.1, -0.05) is 0 Å². The Kier molecular flexibility index (Phi) is 9.63. The highest BCUT2D eigenvalue weighted by Crippen LogP contribution is 2.71. The van der Waals surface area contributed by atoms with Gasteiger partial charge in [0.2, 0.25) is 54.4 Å². The Morgan fingerprint density at radius 3 is 0.597 bits per heavy atom. The van der Waals surface area contributed by atoms with Gasteiger partial charge in [-0.3, -0.25) is 30.3 Å². The number of aliphatic hydroxyl groups excluding tert-OH is 3. The van der Waals surface area contributed by atoms with E-state index in [0.717, 1.165) is 0 Å². The predicted molar refractivity (Wildman–Crippen MR) is 223 cm³/mol. The largest absolute Gasteiger partial charge is 0.449 e. The molecule has 24 heteroatoms. The van der Waals surface area contributed by atoms with Crippen molar-refractivity contribution in [2.24, 2.45) is 0 Å². The number of nitrogens with zero attached hydrogens (tertiary/aromatic N) is 3. The number of ether oxygens (including phenoxy) is 12. The Hall–Kier alpha value is -6.66. The molecule has 0 fully saturated rings. The highest BCUT2D eigenvalue weighted by atomic mass is 16.8. The molecule has 3 aromatic rings. The molecule has 3 N–H and O–H groups in total. The summed E-state index contributed by atoms with van der Waals surface area (Å²) in [6.45, 7) is 15.6. The van der Waals surface area contributed by atoms with Crippen LogP contribution in [0.25, 0.3) is 0 Å². The Morgan fingerprint density at radius 2 is 0.463 bits per heavy atom. The first-order valence-electron chi connectivity index (χ1n) is 21.2. The minimum Gasteiger partial charge on any atom is -0.449 e. The summed E-state index contributed by atoms with van der Waals surface area (Å²) in [5, 5.41) is 70.9. The normalized spacial score (nSPS) is 21.7. The van der Waals surface area contributed by atoms with E-state index in [1.807, 2.05) is 0 Å². The lowest BCUT2D eigenvalue weighted by Crippen LogP contribution is -2.32. The van der Waals surface area contributed by atoms with Crippen molar-refractivity contribution < 1.29 is 86.9 Å². The average molecular weight is 944 g/mol. The Bertz CT molecular complexity index is 2280. The topological polar surface area (TPSA) is 301 Å². The zero-order chi connectivity index (χ0) is 49.0. The van der Waals surface area contributed by atoms with Crippen LogP contribution in [0, 0.1) is 30.3 Å². The molecule has 0 saturated heterocycles. The highest BCUT2D eigenvalue weighted by Gasteiger charge is 2.57. The molecule has 0 radical (unpaired) electrons. The summed E-state index contributed by atoms with van der Waals surface area (Å²) in [4.78, 5) is 33.8. The molecule has 0 amide bonds. The number of hydrogen-bond donors (Lipinski definition) is 3. The van der Waals surface area contributed by atoms with Crippen LogP contribution < -0.4 is 56.8 Å². The molecular formula is C43H49N3O21. The van der Waals surface area contributed by atoms with Crippen molar-refractivity contribution >= 4 is 0 Å². The molecule has 0 bridgehead atoms. The third kappa shape index (κ3) is 7.50. The molecule has 6 aliphatic heterocycles. The number of fused-ring (bicyclic) bond motifs is 6. The van der Waals surface area contributed by atoms with Gasteiger partial charge in [-0.15, -0.1) is 0 Å². The van der Waals surface area contributed by atoms with Gasteiger partial charge in [0, 0.05) is 97.9 Å². The van der Waals surface area contributed by atoms with Gasteiger partial charge in [-0.2, -0.15) is 0 Å². The van der Waals surface area contributed by atoms with Crippen LogP contribution in [0.15, 0.2) is 0 Å². The van der Waals surface area contributed by atoms with Gasteiger partial charge in [-0.05, 0) is 0 Å². The molecule has 0 saturated carbocycles. The first-order chi connectivity index (χ1) is 30.8. The van der Waals surface area contributed by atoms with E-state index in [2.05, 4.69) is 0 Å². The number of benzene rings is 3. The molecular weight excluding hydrogens is 894 g/mol. The lowest BCUT2D eigenvalue weighted by molar-refractivity contribution is -0.491. The number of aliphatic hydroxyl groups is 3. The standard InChI is InChI=1S/C43H49N3O21/c1-38(2)56-26-19(16(47)13-44(50)51)27-33(63-39(3,4)57-27)23(32(26)62-38)22(24-34-28(58-40(5,6)64-34)20(17(48)14-45(52)53)29-35(24)65-41(7,8)59-29)25-36-30(60-42(9,10)66-36)21(18(49)15-46(54)55)31-37(25)67-43(11,12)61-31/h16-18,22,47-49H,13-15H2,1-12H3. The maximum atomic E-state index is 12.0. The second kappa shape index (κ2) is 14.2. The van der Waals surface area contributed by atoms with Gasteiger partial charge in [0.15, 0.2) is 87.3 Å². The van der Waals surface area contributed by atoms with Gasteiger partial charge >= 0.3 is 0 Å². The number of nitro groups is 3. The van der Waals surface area contributed by atoms with E-state index < -0.39 is 93.4 Å². The monoisotopic (exact) mass is 943 g/mol. The molecule has 0 aromatic heterocycles. The fraction of sp³-hybridized carbons (Fsp3) is 0.581. The summed E-state index contributed by atoms with van der Waals surface area (Å²) < 4.78 is 78.2. The van der Waals surface area contributed by atoms with E-state index in [1.165, 1.54) is 0 Å². The van der Waals surface area contributed by atoms with Crippen molar-refractivity contribution in [1.82, 2.24) is 0 Å². The lowest BCUT2D eigenvalue weighted by Gasteiger charge is -2.29. The maximum absolute atomic E-state index is 12.0. The maximum Gasteiger partial charge on any atom is 0.246 e. The van der Waals surface area contributed by atoms with Crippen molar-refractivity contribution in [3.63, 3.8) is 0 Å². The summed E-state index contributed by atoms with van der Waals surface area (Å²) >= 11 is 0. The third-order valence-electron chi connectivity index (χ3n) is 11.2.